The predicted molar refractivity (Wildman–Crippen MR) is 114 cm³/mol. The Labute approximate surface area is 169 Å². The summed E-state index contributed by atoms with van der Waals surface area (Å²) in [7, 11) is 1.63. The summed E-state index contributed by atoms with van der Waals surface area (Å²) < 4.78 is 12.1. The number of ether oxygens (including phenoxy) is 1. The molecule has 4 rings (SSSR count). The van der Waals surface area contributed by atoms with Crippen molar-refractivity contribution in [3.63, 3.8) is 0 Å². The summed E-state index contributed by atoms with van der Waals surface area (Å²) in [6, 6.07) is 18.5. The molecule has 0 amide bonds. The molecule has 1 aromatic heterocycles. The maximum absolute atomic E-state index is 9.92. The summed E-state index contributed by atoms with van der Waals surface area (Å²) in [6.45, 7) is 0. The van der Waals surface area contributed by atoms with Gasteiger partial charge in [-0.05, 0) is 77.2 Å². The van der Waals surface area contributed by atoms with Gasteiger partial charge in [0.15, 0.2) is 5.58 Å². The third-order valence-corrected chi connectivity index (χ3v) is 4.70. The maximum Gasteiger partial charge on any atom is 0.227 e. The van der Waals surface area contributed by atoms with E-state index < -0.39 is 0 Å². The highest BCUT2D eigenvalue weighted by atomic mass is 127. The Morgan fingerprint density at radius 2 is 2.00 bits per heavy atom. The Balaban J connectivity index is 1.66. The van der Waals surface area contributed by atoms with Crippen molar-refractivity contribution in [3.05, 3.63) is 69.8 Å². The second kappa shape index (κ2) is 7.40. The third-order valence-electron chi connectivity index (χ3n) is 4.03. The first-order valence-electron chi connectivity index (χ1n) is 8.20. The molecule has 0 aliphatic carbocycles. The van der Waals surface area contributed by atoms with Crippen LogP contribution in [0, 0.1) is 3.57 Å². The highest BCUT2D eigenvalue weighted by Gasteiger charge is 2.09. The summed E-state index contributed by atoms with van der Waals surface area (Å²) in [5, 5.41) is 9.92. The number of phenolic OH excluding ortho intramolecular Hbond substituents is 1. The van der Waals surface area contributed by atoms with Crippen LogP contribution < -0.4 is 4.74 Å². The van der Waals surface area contributed by atoms with E-state index in [-0.39, 0.29) is 5.75 Å². The number of phenols is 1. The van der Waals surface area contributed by atoms with Crippen molar-refractivity contribution in [2.75, 3.05) is 7.11 Å². The molecular formula is C21H15IN2O3. The molecule has 0 aliphatic rings. The van der Waals surface area contributed by atoms with Crippen LogP contribution in [0.2, 0.25) is 0 Å². The van der Waals surface area contributed by atoms with E-state index >= 15 is 0 Å². The number of aromatic nitrogens is 1. The molecule has 0 spiro atoms. The fourth-order valence-electron chi connectivity index (χ4n) is 2.65. The van der Waals surface area contributed by atoms with Crippen molar-refractivity contribution in [2.45, 2.75) is 0 Å². The monoisotopic (exact) mass is 470 g/mol. The van der Waals surface area contributed by atoms with Gasteiger partial charge in [0.25, 0.3) is 0 Å². The summed E-state index contributed by atoms with van der Waals surface area (Å²) in [4.78, 5) is 9.01. The zero-order chi connectivity index (χ0) is 18.8. The Morgan fingerprint density at radius 1 is 1.11 bits per heavy atom. The minimum absolute atomic E-state index is 0.196. The van der Waals surface area contributed by atoms with E-state index in [1.807, 2.05) is 54.6 Å². The SMILES string of the molecule is COc1cccc(-c2nc3cc(N=Cc4cc(I)ccc4O)ccc3o2)c1. The molecule has 0 saturated heterocycles. The van der Waals surface area contributed by atoms with Crippen molar-refractivity contribution in [1.82, 2.24) is 4.98 Å². The number of hydrogen-bond acceptors (Lipinski definition) is 5. The molecule has 5 nitrogen and oxygen atoms in total. The first kappa shape index (κ1) is 17.5. The molecule has 0 radical (unpaired) electrons. The molecule has 134 valence electrons. The number of benzene rings is 3. The predicted octanol–water partition coefficient (Wildman–Crippen LogP) is 5.56. The third kappa shape index (κ3) is 3.80. The molecule has 3 aromatic carbocycles. The molecule has 6 heteroatoms. The standard InChI is InChI=1S/C21H15IN2O3/c1-26-17-4-2-3-13(10-17)21-24-18-11-16(6-8-20(18)27-21)23-12-14-9-15(22)5-7-19(14)25/h2-12,25H,1H3. The average molecular weight is 470 g/mol. The molecule has 0 atom stereocenters. The van der Waals surface area contributed by atoms with Gasteiger partial charge in [0.1, 0.15) is 17.0 Å². The van der Waals surface area contributed by atoms with E-state index in [1.165, 1.54) is 0 Å². The summed E-state index contributed by atoms with van der Waals surface area (Å²) in [5.41, 5.74) is 3.64. The van der Waals surface area contributed by atoms with E-state index in [2.05, 4.69) is 32.6 Å². The van der Waals surface area contributed by atoms with Crippen LogP contribution in [0.4, 0.5) is 5.69 Å². The van der Waals surface area contributed by atoms with E-state index in [0.29, 0.717) is 22.6 Å². The van der Waals surface area contributed by atoms with Gasteiger partial charge < -0.3 is 14.3 Å². The fourth-order valence-corrected chi connectivity index (χ4v) is 3.16. The maximum atomic E-state index is 9.92. The Hall–Kier alpha value is -2.87. The lowest BCUT2D eigenvalue weighted by Gasteiger charge is -2.00. The fraction of sp³-hybridized carbons (Fsp3) is 0.0476. The van der Waals surface area contributed by atoms with Crippen LogP contribution in [0.15, 0.2) is 70.1 Å². The quantitative estimate of drug-likeness (QED) is 0.313. The van der Waals surface area contributed by atoms with Crippen LogP contribution in [0.5, 0.6) is 11.5 Å². The van der Waals surface area contributed by atoms with Gasteiger partial charge >= 0.3 is 0 Å². The molecule has 1 heterocycles. The first-order chi connectivity index (χ1) is 13.1. The van der Waals surface area contributed by atoms with Crippen LogP contribution in [0.1, 0.15) is 5.56 Å². The number of nitrogens with zero attached hydrogens (tertiary/aromatic N) is 2. The number of fused-ring (bicyclic) bond motifs is 1. The van der Waals surface area contributed by atoms with Gasteiger partial charge in [0.2, 0.25) is 5.89 Å². The Bertz CT molecular complexity index is 1150. The minimum atomic E-state index is 0.196. The van der Waals surface area contributed by atoms with Crippen LogP contribution in [-0.4, -0.2) is 23.4 Å². The molecule has 0 saturated carbocycles. The second-order valence-electron chi connectivity index (χ2n) is 5.86. The van der Waals surface area contributed by atoms with Crippen molar-refractivity contribution in [3.8, 4) is 23.0 Å². The smallest absolute Gasteiger partial charge is 0.227 e. The second-order valence-corrected chi connectivity index (χ2v) is 7.11. The largest absolute Gasteiger partial charge is 0.507 e. The number of hydrogen-bond donors (Lipinski definition) is 1. The van der Waals surface area contributed by atoms with Gasteiger partial charge in [-0.25, -0.2) is 4.98 Å². The Morgan fingerprint density at radius 3 is 2.85 bits per heavy atom. The Kier molecular flexibility index (Phi) is 4.81. The van der Waals surface area contributed by atoms with Crippen LogP contribution in [-0.2, 0) is 0 Å². The number of methoxy groups -OCH3 is 1. The summed E-state index contributed by atoms with van der Waals surface area (Å²) >= 11 is 2.20. The first-order valence-corrected chi connectivity index (χ1v) is 9.28. The van der Waals surface area contributed by atoms with Gasteiger partial charge in [-0.1, -0.05) is 6.07 Å². The zero-order valence-corrected chi connectivity index (χ0v) is 16.5. The molecule has 4 aromatic rings. The van der Waals surface area contributed by atoms with Crippen molar-refractivity contribution < 1.29 is 14.3 Å². The topological polar surface area (TPSA) is 67.9 Å². The molecule has 1 N–H and O–H groups in total. The van der Waals surface area contributed by atoms with Crippen molar-refractivity contribution >= 4 is 45.6 Å². The van der Waals surface area contributed by atoms with Crippen LogP contribution >= 0.6 is 22.6 Å². The summed E-state index contributed by atoms with van der Waals surface area (Å²) in [6.07, 6.45) is 1.64. The minimum Gasteiger partial charge on any atom is -0.507 e. The molecule has 27 heavy (non-hydrogen) atoms. The van der Waals surface area contributed by atoms with Gasteiger partial charge in [-0.3, -0.25) is 4.99 Å². The number of halogens is 1. The number of rotatable bonds is 4. The highest BCUT2D eigenvalue weighted by molar-refractivity contribution is 14.1. The lowest BCUT2D eigenvalue weighted by Crippen LogP contribution is -1.84. The normalized spacial score (nSPS) is 11.3. The number of aromatic hydroxyl groups is 1. The highest BCUT2D eigenvalue weighted by Crippen LogP contribution is 2.29. The number of oxazole rings is 1. The van der Waals surface area contributed by atoms with Gasteiger partial charge in [-0.2, -0.15) is 0 Å². The molecule has 0 unspecified atom stereocenters. The zero-order valence-electron chi connectivity index (χ0n) is 14.4. The lowest BCUT2D eigenvalue weighted by molar-refractivity contribution is 0.415. The van der Waals surface area contributed by atoms with E-state index in [0.717, 1.165) is 20.6 Å². The van der Waals surface area contributed by atoms with Gasteiger partial charge in [0.05, 0.1) is 12.8 Å². The molecule has 0 bridgehead atoms. The van der Waals surface area contributed by atoms with E-state index in [1.54, 1.807) is 19.4 Å². The molecule has 0 fully saturated rings. The van der Waals surface area contributed by atoms with E-state index in [9.17, 15) is 5.11 Å². The summed E-state index contributed by atoms with van der Waals surface area (Å²) in [5.74, 6) is 1.47. The molecule has 0 aliphatic heterocycles. The van der Waals surface area contributed by atoms with Crippen molar-refractivity contribution in [1.29, 1.82) is 0 Å². The van der Waals surface area contributed by atoms with Crippen LogP contribution in [0.3, 0.4) is 0 Å². The molecular weight excluding hydrogens is 455 g/mol. The lowest BCUT2D eigenvalue weighted by atomic mass is 10.2. The van der Waals surface area contributed by atoms with Gasteiger partial charge in [0, 0.05) is 20.9 Å². The van der Waals surface area contributed by atoms with Gasteiger partial charge in [-0.15, -0.1) is 0 Å². The van der Waals surface area contributed by atoms with Crippen LogP contribution in [0.25, 0.3) is 22.6 Å². The van der Waals surface area contributed by atoms with E-state index in [4.69, 9.17) is 9.15 Å². The average Bonchev–Trinajstić information content (AvgIpc) is 3.12. The number of aliphatic imine (C=N–C) groups is 1. The van der Waals surface area contributed by atoms with Crippen molar-refractivity contribution in [2.24, 2.45) is 4.99 Å².